The van der Waals surface area contributed by atoms with Crippen molar-refractivity contribution in [1.82, 2.24) is 10.2 Å². The molecule has 2 saturated heterocycles. The summed E-state index contributed by atoms with van der Waals surface area (Å²) in [6.07, 6.45) is 6.70. The minimum absolute atomic E-state index is 0.0459. The summed E-state index contributed by atoms with van der Waals surface area (Å²) in [5.74, 6) is -4.06. The first-order valence-corrected chi connectivity index (χ1v) is 16.6. The maximum Gasteiger partial charge on any atom is 0.313 e. The Bertz CT molecular complexity index is 1580. The fourth-order valence-electron chi connectivity index (χ4n) is 7.37. The molecule has 8 atom stereocenters. The minimum Gasteiger partial charge on any atom is -0.455 e. The maximum absolute atomic E-state index is 15.0. The molecule has 10 nitrogen and oxygen atoms in total. The molecule has 47 heavy (non-hydrogen) atoms. The zero-order valence-corrected chi connectivity index (χ0v) is 27.2. The number of rotatable bonds is 6. The molecule has 0 radical (unpaired) electrons. The maximum atomic E-state index is 15.0. The Labute approximate surface area is 279 Å². The van der Waals surface area contributed by atoms with Crippen molar-refractivity contribution in [2.75, 3.05) is 24.6 Å². The van der Waals surface area contributed by atoms with Crippen molar-refractivity contribution < 1.29 is 33.8 Å². The Kier molecular flexibility index (Phi) is 9.55. The van der Waals surface area contributed by atoms with E-state index in [1.54, 1.807) is 42.5 Å². The van der Waals surface area contributed by atoms with Gasteiger partial charge in [-0.25, -0.2) is 0 Å². The molecule has 0 aromatic heterocycles. The van der Waals surface area contributed by atoms with Gasteiger partial charge in [0.2, 0.25) is 11.8 Å². The van der Waals surface area contributed by atoms with E-state index in [1.165, 1.54) is 9.80 Å². The lowest BCUT2D eigenvalue weighted by atomic mass is 9.74. The van der Waals surface area contributed by atoms with E-state index in [1.807, 2.05) is 50.3 Å². The van der Waals surface area contributed by atoms with Gasteiger partial charge in [0.15, 0.2) is 0 Å². The number of carbonyl (C=O) groups is 4. The van der Waals surface area contributed by atoms with Crippen LogP contribution in [0.1, 0.15) is 44.8 Å². The van der Waals surface area contributed by atoms with Gasteiger partial charge in [0, 0.05) is 13.0 Å². The fourth-order valence-corrected chi connectivity index (χ4v) is 7.61. The number of anilines is 1. The van der Waals surface area contributed by atoms with Crippen LogP contribution in [0.15, 0.2) is 78.9 Å². The molecule has 2 fully saturated rings. The van der Waals surface area contributed by atoms with E-state index in [0.29, 0.717) is 29.1 Å². The number of aliphatic hydroxyl groups is 1. The molecule has 4 aliphatic heterocycles. The van der Waals surface area contributed by atoms with Crippen LogP contribution in [0.4, 0.5) is 5.69 Å². The van der Waals surface area contributed by atoms with Crippen molar-refractivity contribution in [2.24, 2.45) is 17.8 Å². The van der Waals surface area contributed by atoms with Gasteiger partial charge in [-0.05, 0) is 30.0 Å². The van der Waals surface area contributed by atoms with Crippen molar-refractivity contribution >= 4 is 41.0 Å². The first-order chi connectivity index (χ1) is 22.7. The second-order valence-corrected chi connectivity index (χ2v) is 13.0. The SMILES string of the molecule is CC[C@H](C)[C@H](CO)N1C(=O)[C@H]2[C@@H]3C(=O)O[C@H](c4ccccc4)CNC(=O)CC/C=C\CN(c4ccccc4Cl)C(=O)[C@H]1[C@@]21C=C[C@@H]3O1. The lowest BCUT2D eigenvalue weighted by molar-refractivity contribution is -0.160. The third kappa shape index (κ3) is 5.87. The topological polar surface area (TPSA) is 125 Å². The first kappa shape index (κ1) is 32.9. The van der Waals surface area contributed by atoms with Gasteiger partial charge in [0.1, 0.15) is 23.7 Å². The number of para-hydroxylation sites is 1. The number of aliphatic hydroxyl groups excluding tert-OH is 1. The van der Waals surface area contributed by atoms with Crippen LogP contribution in [-0.4, -0.2) is 77.2 Å². The smallest absolute Gasteiger partial charge is 0.313 e. The summed E-state index contributed by atoms with van der Waals surface area (Å²) in [6.45, 7) is 3.65. The number of allylic oxidation sites excluding steroid dienone is 1. The monoisotopic (exact) mass is 661 g/mol. The molecule has 1 spiro atoms. The number of nitrogens with zero attached hydrogens (tertiary/aromatic N) is 2. The van der Waals surface area contributed by atoms with E-state index < -0.39 is 59.5 Å². The largest absolute Gasteiger partial charge is 0.455 e. The summed E-state index contributed by atoms with van der Waals surface area (Å²) in [6, 6.07) is 14.1. The van der Waals surface area contributed by atoms with Gasteiger partial charge in [-0.15, -0.1) is 0 Å². The number of cyclic esters (lactones) is 1. The zero-order valence-electron chi connectivity index (χ0n) is 26.5. The molecule has 2 aromatic carbocycles. The molecule has 248 valence electrons. The average molecular weight is 662 g/mol. The van der Waals surface area contributed by atoms with Crippen LogP contribution in [0.25, 0.3) is 0 Å². The van der Waals surface area contributed by atoms with Crippen molar-refractivity contribution in [2.45, 2.75) is 63.0 Å². The highest BCUT2D eigenvalue weighted by Gasteiger charge is 2.74. The summed E-state index contributed by atoms with van der Waals surface area (Å²) >= 11 is 6.64. The zero-order chi connectivity index (χ0) is 33.3. The number of nitrogens with one attached hydrogen (secondary N) is 1. The van der Waals surface area contributed by atoms with Crippen LogP contribution in [0.2, 0.25) is 5.02 Å². The summed E-state index contributed by atoms with van der Waals surface area (Å²) in [4.78, 5) is 59.6. The van der Waals surface area contributed by atoms with Gasteiger partial charge >= 0.3 is 5.97 Å². The van der Waals surface area contributed by atoms with E-state index in [0.717, 1.165) is 0 Å². The third-order valence-electron chi connectivity index (χ3n) is 9.98. The molecular formula is C36H40ClN3O7. The van der Waals surface area contributed by atoms with Crippen LogP contribution >= 0.6 is 11.6 Å². The van der Waals surface area contributed by atoms with Crippen LogP contribution in [0.3, 0.4) is 0 Å². The molecule has 0 unspecified atom stereocenters. The lowest BCUT2D eigenvalue weighted by Gasteiger charge is -2.40. The molecular weight excluding hydrogens is 622 g/mol. The fraction of sp³-hybridized carbons (Fsp3) is 0.444. The Balaban J connectivity index is 1.48. The number of likely N-dealkylation sites (tertiary alicyclic amines) is 1. The van der Waals surface area contributed by atoms with Crippen molar-refractivity contribution in [1.29, 1.82) is 0 Å². The van der Waals surface area contributed by atoms with E-state index in [4.69, 9.17) is 21.1 Å². The lowest BCUT2D eigenvalue weighted by Crippen LogP contribution is -2.59. The Morgan fingerprint density at radius 3 is 2.51 bits per heavy atom. The Morgan fingerprint density at radius 1 is 1.04 bits per heavy atom. The van der Waals surface area contributed by atoms with Gasteiger partial charge in [0.05, 0.1) is 41.9 Å². The quantitative estimate of drug-likeness (QED) is 0.354. The Morgan fingerprint density at radius 2 is 1.79 bits per heavy atom. The second kappa shape index (κ2) is 13.6. The Hall–Kier alpha value is -3.99. The second-order valence-electron chi connectivity index (χ2n) is 12.6. The molecule has 0 aliphatic carbocycles. The predicted octanol–water partition coefficient (Wildman–Crippen LogP) is 3.98. The van der Waals surface area contributed by atoms with E-state index in [9.17, 15) is 24.3 Å². The molecule has 6 rings (SSSR count). The van der Waals surface area contributed by atoms with E-state index in [2.05, 4.69) is 5.32 Å². The van der Waals surface area contributed by atoms with Crippen LogP contribution < -0.4 is 10.2 Å². The third-order valence-corrected chi connectivity index (χ3v) is 10.3. The van der Waals surface area contributed by atoms with Crippen LogP contribution in [0.5, 0.6) is 0 Å². The van der Waals surface area contributed by atoms with Crippen LogP contribution in [0, 0.1) is 17.8 Å². The van der Waals surface area contributed by atoms with Gasteiger partial charge < -0.3 is 29.7 Å². The van der Waals surface area contributed by atoms with Gasteiger partial charge in [0.25, 0.3) is 5.91 Å². The highest BCUT2D eigenvalue weighted by Crippen LogP contribution is 2.57. The number of esters is 1. The molecule has 4 heterocycles. The van der Waals surface area contributed by atoms with Gasteiger partial charge in [-0.1, -0.05) is 98.6 Å². The summed E-state index contributed by atoms with van der Waals surface area (Å²) in [5.41, 5.74) is -0.348. The molecule has 3 amide bonds. The predicted molar refractivity (Wildman–Crippen MR) is 175 cm³/mol. The molecule has 0 saturated carbocycles. The molecule has 5 bridgehead atoms. The number of fused-ring (bicyclic) bond motifs is 2. The van der Waals surface area contributed by atoms with Gasteiger partial charge in [-0.2, -0.15) is 0 Å². The number of amides is 3. The summed E-state index contributed by atoms with van der Waals surface area (Å²) in [7, 11) is 0. The van der Waals surface area contributed by atoms with Crippen LogP contribution in [-0.2, 0) is 28.7 Å². The standard InChI is InChI=1S/C36H40ClN3O7/c1-3-22(2)26(21-41)40-32-34(44)39(25-15-10-9-14-24(25)37)19-11-5-8-16-29(42)38-20-28(23-12-6-4-7-13-23)46-35(45)30-27-17-18-36(32,47-27)31(30)33(40)43/h4-7,9-15,17-18,22,26-28,30-32,41H,3,8,16,19-21H2,1-2H3,(H,38,42)/b11-5-/t22-,26-,27-,28-,30+,31+,32-,36+/m0/s1. The van der Waals surface area contributed by atoms with Crippen molar-refractivity contribution in [3.8, 4) is 0 Å². The highest BCUT2D eigenvalue weighted by atomic mass is 35.5. The number of ether oxygens (including phenoxy) is 2. The summed E-state index contributed by atoms with van der Waals surface area (Å²) in [5, 5.41) is 13.9. The molecule has 2 aromatic rings. The highest BCUT2D eigenvalue weighted by molar-refractivity contribution is 6.34. The minimum atomic E-state index is -1.48. The van der Waals surface area contributed by atoms with E-state index >= 15 is 0 Å². The number of benzene rings is 2. The van der Waals surface area contributed by atoms with E-state index in [-0.39, 0.29) is 37.9 Å². The van der Waals surface area contributed by atoms with Gasteiger partial charge in [-0.3, -0.25) is 19.2 Å². The first-order valence-electron chi connectivity index (χ1n) is 16.2. The molecule has 11 heteroatoms. The average Bonchev–Trinajstić information content (AvgIpc) is 3.72. The van der Waals surface area contributed by atoms with Crippen molar-refractivity contribution in [3.63, 3.8) is 0 Å². The summed E-state index contributed by atoms with van der Waals surface area (Å²) < 4.78 is 12.7. The number of carbonyl (C=O) groups excluding carboxylic acids is 4. The normalized spacial score (nSPS) is 31.4. The number of hydrogen-bond acceptors (Lipinski definition) is 7. The molecule has 4 aliphatic rings. The number of halogens is 1. The van der Waals surface area contributed by atoms with Crippen molar-refractivity contribution in [3.05, 3.63) is 89.5 Å². The number of hydrogen-bond donors (Lipinski definition) is 2. The molecule has 2 N–H and O–H groups in total.